The van der Waals surface area contributed by atoms with E-state index in [4.69, 9.17) is 9.47 Å². The summed E-state index contributed by atoms with van der Waals surface area (Å²) in [6.07, 6.45) is 3.43. The molecule has 6 atom stereocenters. The van der Waals surface area contributed by atoms with Crippen LogP contribution in [0.5, 0.6) is 0 Å². The highest BCUT2D eigenvalue weighted by Gasteiger charge is 2.53. The first-order chi connectivity index (χ1) is 13.3. The number of carbonyl (C=O) groups is 1. The molecule has 1 heterocycles. The summed E-state index contributed by atoms with van der Waals surface area (Å²) in [5, 5.41) is 10.4. The molecule has 4 aliphatic rings. The number of carbonyl (C=O) groups excluding carboxylic acids is 1. The number of ether oxygens (including phenoxy) is 2. The van der Waals surface area contributed by atoms with Gasteiger partial charge >= 0.3 is 10.2 Å². The Hall–Kier alpha value is -0.810. The molecule has 0 spiro atoms. The lowest BCUT2D eigenvalue weighted by Gasteiger charge is -2.47. The Morgan fingerprint density at radius 2 is 1.82 bits per heavy atom. The van der Waals surface area contributed by atoms with Crippen LogP contribution in [0.25, 0.3) is 0 Å². The lowest BCUT2D eigenvalue weighted by Crippen LogP contribution is -2.59. The van der Waals surface area contributed by atoms with E-state index in [0.29, 0.717) is 32.2 Å². The van der Waals surface area contributed by atoms with Gasteiger partial charge in [-0.2, -0.15) is 12.7 Å². The number of hydrogen-bond donors (Lipinski definition) is 2. The predicted octanol–water partition coefficient (Wildman–Crippen LogP) is 0.505. The zero-order chi connectivity index (χ0) is 19.9. The highest BCUT2D eigenvalue weighted by Crippen LogP contribution is 2.45. The van der Waals surface area contributed by atoms with Gasteiger partial charge in [-0.05, 0) is 56.8 Å². The lowest BCUT2D eigenvalue weighted by molar-refractivity contribution is -0.121. The van der Waals surface area contributed by atoms with Gasteiger partial charge in [0.15, 0.2) is 0 Å². The summed E-state index contributed by atoms with van der Waals surface area (Å²) in [7, 11) is -4.09. The summed E-state index contributed by atoms with van der Waals surface area (Å²) in [6.45, 7) is 0.566. The van der Waals surface area contributed by atoms with Crippen LogP contribution in [-0.2, 0) is 24.5 Å². The molecule has 0 aromatic carbocycles. The number of fused-ring (bicyclic) bond motifs is 1. The summed E-state index contributed by atoms with van der Waals surface area (Å²) in [4.78, 5) is 11.5. The maximum Gasteiger partial charge on any atom is 0.304 e. The van der Waals surface area contributed by atoms with Crippen molar-refractivity contribution in [1.82, 2.24) is 9.03 Å². The van der Waals surface area contributed by atoms with Crippen molar-refractivity contribution in [1.29, 1.82) is 0 Å². The molecule has 2 N–H and O–H groups in total. The second-order valence-electron chi connectivity index (χ2n) is 8.47. The Morgan fingerprint density at radius 1 is 1.11 bits per heavy atom. The summed E-state index contributed by atoms with van der Waals surface area (Å²) in [6, 6.07) is -1.23. The Labute approximate surface area is 164 Å². The van der Waals surface area contributed by atoms with Crippen molar-refractivity contribution in [2.24, 2.45) is 11.8 Å². The molecule has 1 aliphatic heterocycles. The monoisotopic (exact) mass is 420 g/mol. The van der Waals surface area contributed by atoms with Crippen molar-refractivity contribution in [3.63, 3.8) is 0 Å². The molecule has 160 valence electrons. The first kappa shape index (κ1) is 20.5. The van der Waals surface area contributed by atoms with Gasteiger partial charge in [-0.1, -0.05) is 0 Å². The quantitative estimate of drug-likeness (QED) is 0.607. The molecule has 8 nitrogen and oxygen atoms in total. The van der Waals surface area contributed by atoms with Crippen molar-refractivity contribution in [3.05, 3.63) is 0 Å². The largest absolute Gasteiger partial charge is 0.391 e. The molecule has 0 aromatic rings. The van der Waals surface area contributed by atoms with E-state index in [1.165, 1.54) is 6.42 Å². The SMILES string of the molecule is O=C1CN(C2C(O)CC3CCC(OCCOC4CCC4)CC3C2F)S(=O)(=O)N1. The highest BCUT2D eigenvalue weighted by atomic mass is 32.2. The van der Waals surface area contributed by atoms with Crippen LogP contribution < -0.4 is 4.72 Å². The van der Waals surface area contributed by atoms with Gasteiger partial charge in [0.1, 0.15) is 6.17 Å². The number of aliphatic hydroxyl groups is 1. The van der Waals surface area contributed by atoms with Crippen LogP contribution in [0.1, 0.15) is 44.9 Å². The molecular weight excluding hydrogens is 391 g/mol. The van der Waals surface area contributed by atoms with E-state index in [-0.39, 0.29) is 17.9 Å². The van der Waals surface area contributed by atoms with E-state index < -0.39 is 41.0 Å². The number of nitrogens with zero attached hydrogens (tertiary/aromatic N) is 1. The number of hydrogen-bond acceptors (Lipinski definition) is 6. The molecule has 3 aliphatic carbocycles. The third-order valence-electron chi connectivity index (χ3n) is 6.70. The van der Waals surface area contributed by atoms with Crippen molar-refractivity contribution in [2.45, 2.75) is 75.5 Å². The second kappa shape index (κ2) is 8.14. The zero-order valence-corrected chi connectivity index (χ0v) is 16.7. The third kappa shape index (κ3) is 4.07. The first-order valence-corrected chi connectivity index (χ1v) is 11.7. The van der Waals surface area contributed by atoms with Gasteiger partial charge in [-0.15, -0.1) is 0 Å². The molecule has 0 bridgehead atoms. The van der Waals surface area contributed by atoms with Gasteiger partial charge < -0.3 is 14.6 Å². The number of rotatable bonds is 6. The van der Waals surface area contributed by atoms with Crippen LogP contribution in [0.15, 0.2) is 0 Å². The third-order valence-corrected chi connectivity index (χ3v) is 8.18. The van der Waals surface area contributed by atoms with E-state index >= 15 is 4.39 Å². The summed E-state index contributed by atoms with van der Waals surface area (Å²) < 4.78 is 53.9. The van der Waals surface area contributed by atoms with E-state index in [2.05, 4.69) is 0 Å². The van der Waals surface area contributed by atoms with Crippen LogP contribution >= 0.6 is 0 Å². The van der Waals surface area contributed by atoms with Crippen molar-refractivity contribution in [3.8, 4) is 0 Å². The predicted molar refractivity (Wildman–Crippen MR) is 97.2 cm³/mol. The highest BCUT2D eigenvalue weighted by molar-refractivity contribution is 7.88. The lowest BCUT2D eigenvalue weighted by atomic mass is 9.66. The minimum atomic E-state index is -4.09. The van der Waals surface area contributed by atoms with Gasteiger partial charge in [0.25, 0.3) is 0 Å². The zero-order valence-electron chi connectivity index (χ0n) is 15.8. The number of halogens is 1. The molecule has 0 aromatic heterocycles. The molecule has 1 amide bonds. The van der Waals surface area contributed by atoms with Gasteiger partial charge in [-0.25, -0.2) is 9.11 Å². The van der Waals surface area contributed by atoms with Gasteiger partial charge in [0.05, 0.1) is 44.1 Å². The van der Waals surface area contributed by atoms with E-state index in [9.17, 15) is 18.3 Å². The van der Waals surface area contributed by atoms with Gasteiger partial charge in [0, 0.05) is 0 Å². The maximum absolute atomic E-state index is 15.4. The smallest absolute Gasteiger partial charge is 0.304 e. The average Bonchev–Trinajstić information content (AvgIpc) is 2.86. The normalized spacial score (nSPS) is 41.3. The van der Waals surface area contributed by atoms with Crippen LogP contribution in [0.2, 0.25) is 0 Å². The number of alkyl halides is 1. The van der Waals surface area contributed by atoms with Crippen molar-refractivity contribution in [2.75, 3.05) is 19.8 Å². The number of amides is 1. The fourth-order valence-corrected chi connectivity index (χ4v) is 6.36. The molecule has 6 unspecified atom stereocenters. The van der Waals surface area contributed by atoms with Crippen LogP contribution in [-0.4, -0.2) is 74.0 Å². The molecule has 4 fully saturated rings. The van der Waals surface area contributed by atoms with Crippen molar-refractivity contribution < 1.29 is 32.2 Å². The topological polar surface area (TPSA) is 105 Å². The Kier molecular flexibility index (Phi) is 5.95. The van der Waals surface area contributed by atoms with Gasteiger partial charge in [0.2, 0.25) is 5.91 Å². The Bertz CT molecular complexity index is 688. The second-order valence-corrected chi connectivity index (χ2v) is 10.1. The van der Waals surface area contributed by atoms with Gasteiger partial charge in [-0.3, -0.25) is 4.79 Å². The van der Waals surface area contributed by atoms with Crippen LogP contribution in [0, 0.1) is 11.8 Å². The Morgan fingerprint density at radius 3 is 2.43 bits per heavy atom. The minimum absolute atomic E-state index is 0.00120. The fraction of sp³-hybridized carbons (Fsp3) is 0.944. The van der Waals surface area contributed by atoms with Crippen molar-refractivity contribution >= 4 is 16.1 Å². The van der Waals surface area contributed by atoms with E-state index in [1.54, 1.807) is 0 Å². The number of nitrogens with one attached hydrogen (secondary N) is 1. The summed E-state index contributed by atoms with van der Waals surface area (Å²) in [5.41, 5.74) is 0. The standard InChI is InChI=1S/C18H29FN2O6S/c19-17-14-9-13(27-7-6-26-12-2-1-3-12)5-4-11(14)8-15(22)18(17)21-10-16(23)20-28(21,24)25/h11-15,17-18,22H,1-10H2,(H,20,23). The maximum atomic E-state index is 15.4. The minimum Gasteiger partial charge on any atom is -0.391 e. The average molecular weight is 421 g/mol. The molecule has 4 rings (SSSR count). The summed E-state index contributed by atoms with van der Waals surface area (Å²) in [5.74, 6) is -1.08. The molecule has 3 saturated carbocycles. The Balaban J connectivity index is 1.35. The summed E-state index contributed by atoms with van der Waals surface area (Å²) >= 11 is 0. The van der Waals surface area contributed by atoms with E-state index in [0.717, 1.165) is 30.0 Å². The fourth-order valence-electron chi connectivity index (χ4n) is 5.02. The number of aliphatic hydroxyl groups excluding tert-OH is 1. The molecule has 1 saturated heterocycles. The molecule has 28 heavy (non-hydrogen) atoms. The van der Waals surface area contributed by atoms with E-state index in [1.807, 2.05) is 4.72 Å². The molecule has 0 radical (unpaired) electrons. The van der Waals surface area contributed by atoms with Crippen LogP contribution in [0.4, 0.5) is 4.39 Å². The first-order valence-electron chi connectivity index (χ1n) is 10.2. The molecule has 10 heteroatoms. The van der Waals surface area contributed by atoms with Crippen LogP contribution in [0.3, 0.4) is 0 Å². The molecular formula is C18H29FN2O6S.